The molecule has 2 rings (SSSR count). The number of anilines is 1. The lowest BCUT2D eigenvalue weighted by molar-refractivity contribution is -0.627. The topological polar surface area (TPSA) is 39.0 Å². The number of hydrogen-bond donors (Lipinski definition) is 1. The first-order chi connectivity index (χ1) is 12.1. The Morgan fingerprint density at radius 2 is 1.31 bits per heavy atom. The molecule has 0 spiro atoms. The molecule has 0 radical (unpaired) electrons. The van der Waals surface area contributed by atoms with Crippen molar-refractivity contribution in [2.75, 3.05) is 5.32 Å². The molecule has 0 fully saturated rings. The predicted octanol–water partition coefficient (Wildman–Crippen LogP) is 6.04. The van der Waals surface area contributed by atoms with Crippen molar-refractivity contribution in [1.82, 2.24) is 0 Å². The van der Waals surface area contributed by atoms with Crippen LogP contribution in [0.5, 0.6) is 0 Å². The highest BCUT2D eigenvalue weighted by atomic mass is 16.5. The Hall–Kier alpha value is -2.03. The zero-order valence-corrected chi connectivity index (χ0v) is 17.6. The molecule has 0 saturated heterocycles. The molecule has 0 unspecified atom stereocenters. The predicted molar refractivity (Wildman–Crippen MR) is 111 cm³/mol. The Labute approximate surface area is 159 Å². The number of para-hydroxylation sites is 1. The van der Waals surface area contributed by atoms with E-state index in [4.69, 9.17) is 0 Å². The van der Waals surface area contributed by atoms with Crippen LogP contribution in [0.4, 0.5) is 5.69 Å². The number of hydrogen-bond acceptors (Lipinski definition) is 2. The van der Waals surface area contributed by atoms with Crippen LogP contribution in [0.1, 0.15) is 95.7 Å². The monoisotopic (exact) mass is 354 g/mol. The maximum atomic E-state index is 13.0. The fourth-order valence-corrected chi connectivity index (χ4v) is 3.47. The molecule has 0 aliphatic heterocycles. The summed E-state index contributed by atoms with van der Waals surface area (Å²) in [6.07, 6.45) is 0. The molecule has 1 N–H and O–H groups in total. The number of benzene rings is 1. The first-order valence-electron chi connectivity index (χ1n) is 9.70. The number of aromatic nitrogens is 1. The fourth-order valence-electron chi connectivity index (χ4n) is 3.47. The Morgan fingerprint density at radius 1 is 0.808 bits per heavy atom. The van der Waals surface area contributed by atoms with E-state index >= 15 is 0 Å². The second-order valence-corrected chi connectivity index (χ2v) is 8.66. The van der Waals surface area contributed by atoms with Crippen LogP contribution >= 0.6 is 0 Å². The summed E-state index contributed by atoms with van der Waals surface area (Å²) < 4.78 is 1.10. The molecule has 3 nitrogen and oxygen atoms in total. The molecule has 3 heteroatoms. The molecule has 0 atom stereocenters. The second-order valence-electron chi connectivity index (χ2n) is 8.66. The van der Waals surface area contributed by atoms with Gasteiger partial charge >= 0.3 is 0 Å². The van der Waals surface area contributed by atoms with Crippen LogP contribution in [0.15, 0.2) is 36.4 Å². The molecule has 0 aliphatic carbocycles. The molecular formula is C23H34N2O. The van der Waals surface area contributed by atoms with Crippen LogP contribution in [0.3, 0.4) is 0 Å². The van der Waals surface area contributed by atoms with E-state index in [2.05, 4.69) is 78.9 Å². The second kappa shape index (κ2) is 7.69. The summed E-state index contributed by atoms with van der Waals surface area (Å²) in [5.41, 5.74) is 4.82. The Bertz CT molecular complexity index is 735. The van der Waals surface area contributed by atoms with Gasteiger partial charge in [0.1, 0.15) is 5.54 Å². The summed E-state index contributed by atoms with van der Waals surface area (Å²) in [5, 5.41) is 16.7. The van der Waals surface area contributed by atoms with Gasteiger partial charge in [0, 0.05) is 23.7 Å². The summed E-state index contributed by atoms with van der Waals surface area (Å²) in [6.45, 7) is 17.1. The summed E-state index contributed by atoms with van der Waals surface area (Å²) in [5.74, 6) is 1.01. The van der Waals surface area contributed by atoms with Crippen molar-refractivity contribution < 1.29 is 4.73 Å². The van der Waals surface area contributed by atoms with E-state index in [0.717, 1.165) is 21.8 Å². The van der Waals surface area contributed by atoms with Gasteiger partial charge < -0.3 is 10.5 Å². The van der Waals surface area contributed by atoms with Gasteiger partial charge in [-0.15, -0.1) is 0 Å². The number of pyridine rings is 1. The SMILES string of the molecule is CC(C)c1cccc(C(C)C)c1NC(C)(C)c1cccc(C(C)C)[n+]1[O-]. The highest BCUT2D eigenvalue weighted by molar-refractivity contribution is 5.61. The van der Waals surface area contributed by atoms with Crippen molar-refractivity contribution in [2.24, 2.45) is 0 Å². The summed E-state index contributed by atoms with van der Waals surface area (Å²) in [4.78, 5) is 0. The van der Waals surface area contributed by atoms with Crippen LogP contribution in [0.2, 0.25) is 0 Å². The van der Waals surface area contributed by atoms with E-state index in [9.17, 15) is 5.21 Å². The van der Waals surface area contributed by atoms with Gasteiger partial charge in [-0.1, -0.05) is 59.7 Å². The van der Waals surface area contributed by atoms with Crippen LogP contribution < -0.4 is 10.0 Å². The van der Waals surface area contributed by atoms with Gasteiger partial charge in [0.2, 0.25) is 5.69 Å². The van der Waals surface area contributed by atoms with Crippen LogP contribution in [0.25, 0.3) is 0 Å². The first kappa shape index (κ1) is 20.3. The van der Waals surface area contributed by atoms with E-state index in [1.165, 1.54) is 11.1 Å². The standard InChI is InChI=1S/C23H34N2O/c1-15(2)18-11-9-12-19(16(3)4)22(18)24-23(7,8)21-14-10-13-20(17(5)6)25(21)26/h9-17,24H,1-8H3. The van der Waals surface area contributed by atoms with Gasteiger partial charge in [0.05, 0.1) is 0 Å². The van der Waals surface area contributed by atoms with E-state index < -0.39 is 5.54 Å². The maximum absolute atomic E-state index is 13.0. The van der Waals surface area contributed by atoms with Crippen molar-refractivity contribution in [2.45, 2.75) is 78.7 Å². The van der Waals surface area contributed by atoms with Crippen LogP contribution in [0, 0.1) is 5.21 Å². The normalized spacial score (nSPS) is 12.3. The van der Waals surface area contributed by atoms with Crippen molar-refractivity contribution in [3.63, 3.8) is 0 Å². The number of nitrogens with one attached hydrogen (secondary N) is 1. The third-order valence-electron chi connectivity index (χ3n) is 5.02. The van der Waals surface area contributed by atoms with Gasteiger partial charge in [-0.05, 0) is 42.9 Å². The molecule has 1 aromatic carbocycles. The molecule has 1 heterocycles. The lowest BCUT2D eigenvalue weighted by Gasteiger charge is -2.31. The molecule has 1 aromatic heterocycles. The highest BCUT2D eigenvalue weighted by Crippen LogP contribution is 2.36. The third-order valence-corrected chi connectivity index (χ3v) is 5.02. The minimum atomic E-state index is -0.485. The van der Waals surface area contributed by atoms with Crippen molar-refractivity contribution in [3.8, 4) is 0 Å². The number of nitrogens with zero attached hydrogens (tertiary/aromatic N) is 1. The molecule has 2 aromatic rings. The Kier molecular flexibility index (Phi) is 6.00. The van der Waals surface area contributed by atoms with Crippen molar-refractivity contribution in [1.29, 1.82) is 0 Å². The molecular weight excluding hydrogens is 320 g/mol. The zero-order chi connectivity index (χ0) is 19.6. The largest absolute Gasteiger partial charge is 0.618 e. The van der Waals surface area contributed by atoms with Gasteiger partial charge in [-0.25, -0.2) is 0 Å². The molecule has 0 saturated carbocycles. The highest BCUT2D eigenvalue weighted by Gasteiger charge is 2.32. The Balaban J connectivity index is 2.56. The fraction of sp³-hybridized carbons (Fsp3) is 0.522. The average molecular weight is 355 g/mol. The van der Waals surface area contributed by atoms with Crippen molar-refractivity contribution >= 4 is 5.69 Å². The molecule has 142 valence electrons. The molecule has 26 heavy (non-hydrogen) atoms. The van der Waals surface area contributed by atoms with Crippen LogP contribution in [-0.4, -0.2) is 0 Å². The smallest absolute Gasteiger partial charge is 0.217 e. The quantitative estimate of drug-likeness (QED) is 0.507. The lowest BCUT2D eigenvalue weighted by atomic mass is 9.90. The minimum absolute atomic E-state index is 0.192. The van der Waals surface area contributed by atoms with Crippen molar-refractivity contribution in [3.05, 3.63) is 64.1 Å². The first-order valence-corrected chi connectivity index (χ1v) is 9.70. The molecule has 0 aliphatic rings. The zero-order valence-electron chi connectivity index (χ0n) is 17.6. The number of rotatable bonds is 6. The Morgan fingerprint density at radius 3 is 1.77 bits per heavy atom. The average Bonchev–Trinajstić information content (AvgIpc) is 2.53. The van der Waals surface area contributed by atoms with Gasteiger partial charge in [-0.3, -0.25) is 0 Å². The summed E-state index contributed by atoms with van der Waals surface area (Å²) >= 11 is 0. The van der Waals surface area contributed by atoms with Gasteiger partial charge in [0.25, 0.3) is 0 Å². The maximum Gasteiger partial charge on any atom is 0.217 e. The minimum Gasteiger partial charge on any atom is -0.618 e. The lowest BCUT2D eigenvalue weighted by Crippen LogP contribution is -2.46. The van der Waals surface area contributed by atoms with E-state index in [1.54, 1.807) is 0 Å². The third kappa shape index (κ3) is 4.03. The van der Waals surface area contributed by atoms with Crippen LogP contribution in [-0.2, 0) is 5.54 Å². The molecule has 0 bridgehead atoms. The summed E-state index contributed by atoms with van der Waals surface area (Å²) in [7, 11) is 0. The summed E-state index contributed by atoms with van der Waals surface area (Å²) in [6, 6.07) is 12.3. The van der Waals surface area contributed by atoms with E-state index in [1.807, 2.05) is 18.2 Å². The van der Waals surface area contributed by atoms with Gasteiger partial charge in [0.15, 0.2) is 5.69 Å². The molecule has 0 amide bonds. The van der Waals surface area contributed by atoms with Gasteiger partial charge in [-0.2, -0.15) is 4.73 Å². The van der Waals surface area contributed by atoms with E-state index in [0.29, 0.717) is 11.8 Å². The van der Waals surface area contributed by atoms with E-state index in [-0.39, 0.29) is 5.92 Å².